The van der Waals surface area contributed by atoms with Crippen LogP contribution in [0.5, 0.6) is 0 Å². The first-order chi connectivity index (χ1) is 14.3. The molecule has 0 N–H and O–H groups in total. The second kappa shape index (κ2) is 9.22. The first-order valence-corrected chi connectivity index (χ1v) is 10.4. The fraction of sp³-hybridized carbons (Fsp3) is 0.214. The third-order valence-electron chi connectivity index (χ3n) is 5.57. The van der Waals surface area contributed by atoms with Crippen molar-refractivity contribution in [1.29, 1.82) is 0 Å². The molecule has 0 spiro atoms. The maximum absolute atomic E-state index is 4.96. The van der Waals surface area contributed by atoms with Crippen LogP contribution >= 0.6 is 0 Å². The Hall–Kier alpha value is -2.68. The number of hydrogen-bond donors (Lipinski definition) is 0. The van der Waals surface area contributed by atoms with Gasteiger partial charge in [0, 0.05) is 24.1 Å². The van der Waals surface area contributed by atoms with Gasteiger partial charge in [0.15, 0.2) is 5.82 Å². The average molecular weight is 442 g/mol. The molecule has 4 aromatic rings. The van der Waals surface area contributed by atoms with E-state index >= 15 is 0 Å². The molecule has 1 radical (unpaired) electrons. The van der Waals surface area contributed by atoms with Crippen molar-refractivity contribution in [2.24, 2.45) is 0 Å². The van der Waals surface area contributed by atoms with Crippen molar-refractivity contribution >= 4 is 0 Å². The third-order valence-corrected chi connectivity index (χ3v) is 5.57. The normalized spacial score (nSPS) is 10.6. The number of aromatic nitrogens is 2. The quantitative estimate of drug-likeness (QED) is 0.316. The molecule has 1 aromatic heterocycles. The summed E-state index contributed by atoms with van der Waals surface area (Å²) in [6.45, 7) is 12.7. The molecule has 0 bridgehead atoms. The Labute approximate surface area is 197 Å². The van der Waals surface area contributed by atoms with Crippen molar-refractivity contribution in [3.63, 3.8) is 0 Å². The molecule has 1 heterocycles. The zero-order valence-corrected chi connectivity index (χ0v) is 20.4. The fourth-order valence-electron chi connectivity index (χ4n) is 4.00. The predicted molar refractivity (Wildman–Crippen MR) is 126 cm³/mol. The third kappa shape index (κ3) is 4.82. The number of rotatable bonds is 3. The molecule has 0 aliphatic heterocycles. The van der Waals surface area contributed by atoms with E-state index in [9.17, 15) is 0 Å². The monoisotopic (exact) mass is 442 g/mol. The first kappa shape index (κ1) is 23.0. The summed E-state index contributed by atoms with van der Waals surface area (Å²) in [5.74, 6) is 0.746. The smallest absolute Gasteiger partial charge is 0.156 e. The molecule has 3 heteroatoms. The summed E-state index contributed by atoms with van der Waals surface area (Å²) < 4.78 is 0. The molecule has 0 amide bonds. The molecule has 0 fully saturated rings. The van der Waals surface area contributed by atoms with Crippen LogP contribution in [-0.4, -0.2) is 9.97 Å². The van der Waals surface area contributed by atoms with E-state index in [0.29, 0.717) is 0 Å². The first-order valence-electron chi connectivity index (χ1n) is 10.4. The van der Waals surface area contributed by atoms with Crippen molar-refractivity contribution in [1.82, 2.24) is 9.97 Å². The van der Waals surface area contributed by atoms with Gasteiger partial charge in [-0.25, -0.2) is 0 Å². The van der Waals surface area contributed by atoms with Crippen LogP contribution in [0.1, 0.15) is 33.4 Å². The van der Waals surface area contributed by atoms with E-state index < -0.39 is 0 Å². The largest absolute Gasteiger partial charge is 0.255 e. The van der Waals surface area contributed by atoms with Gasteiger partial charge in [0.05, 0.1) is 0 Å². The van der Waals surface area contributed by atoms with Crippen LogP contribution < -0.4 is 0 Å². The van der Waals surface area contributed by atoms with Crippen LogP contribution in [0.2, 0.25) is 0 Å². The Bertz CT molecular complexity index is 1090. The molecule has 31 heavy (non-hydrogen) atoms. The summed E-state index contributed by atoms with van der Waals surface area (Å²) in [6, 6.07) is 22.9. The minimum atomic E-state index is 0. The summed E-state index contributed by atoms with van der Waals surface area (Å²) >= 11 is 0. The molecular formula is C28H27N2V-. The zero-order valence-electron chi connectivity index (χ0n) is 19.0. The van der Waals surface area contributed by atoms with E-state index in [1.165, 1.54) is 33.4 Å². The SMILES string of the molecule is Cc1ccc(-c2[c-]c(-c3ccc(C)cc3C)nc(-c3ccc(C)cc3C)n2)c(C)c1.[V]. The van der Waals surface area contributed by atoms with E-state index in [2.05, 4.69) is 102 Å². The second-order valence-corrected chi connectivity index (χ2v) is 8.32. The summed E-state index contributed by atoms with van der Waals surface area (Å²) in [4.78, 5) is 9.92. The van der Waals surface area contributed by atoms with E-state index in [-0.39, 0.29) is 18.6 Å². The van der Waals surface area contributed by atoms with E-state index in [1.807, 2.05) is 0 Å². The van der Waals surface area contributed by atoms with Crippen LogP contribution in [0.3, 0.4) is 0 Å². The van der Waals surface area contributed by atoms with Crippen LogP contribution in [0.4, 0.5) is 0 Å². The van der Waals surface area contributed by atoms with Gasteiger partial charge < -0.3 is 0 Å². The Kier molecular flexibility index (Phi) is 6.84. The Balaban J connectivity index is 0.00000272. The maximum atomic E-state index is 4.96. The molecule has 0 saturated heterocycles. The van der Waals surface area contributed by atoms with Gasteiger partial charge in [-0.05, 0) is 44.6 Å². The van der Waals surface area contributed by atoms with E-state index in [1.54, 1.807) is 0 Å². The fourth-order valence-corrected chi connectivity index (χ4v) is 4.00. The molecule has 3 aromatic carbocycles. The molecule has 0 unspecified atom stereocenters. The van der Waals surface area contributed by atoms with Gasteiger partial charge in [-0.15, -0.1) is 18.2 Å². The number of benzene rings is 3. The van der Waals surface area contributed by atoms with Crippen LogP contribution in [0, 0.1) is 47.6 Å². The van der Waals surface area contributed by atoms with Crippen molar-refractivity contribution < 1.29 is 18.6 Å². The Morgan fingerprint density at radius 3 is 1.23 bits per heavy atom. The predicted octanol–water partition coefficient (Wildman–Crippen LogP) is 7.13. The van der Waals surface area contributed by atoms with Gasteiger partial charge in [0.2, 0.25) is 0 Å². The minimum absolute atomic E-state index is 0. The van der Waals surface area contributed by atoms with Gasteiger partial charge in [-0.2, -0.15) is 0 Å². The molecule has 0 aliphatic carbocycles. The molecule has 0 atom stereocenters. The maximum Gasteiger partial charge on any atom is 0.156 e. The van der Waals surface area contributed by atoms with E-state index in [4.69, 9.17) is 9.97 Å². The molecule has 0 saturated carbocycles. The van der Waals surface area contributed by atoms with Crippen molar-refractivity contribution in [3.8, 4) is 33.9 Å². The van der Waals surface area contributed by atoms with Crippen molar-refractivity contribution in [2.45, 2.75) is 41.5 Å². The molecule has 0 aliphatic rings. The van der Waals surface area contributed by atoms with Crippen LogP contribution in [0.25, 0.3) is 33.9 Å². The summed E-state index contributed by atoms with van der Waals surface area (Å²) in [5, 5.41) is 0. The van der Waals surface area contributed by atoms with Gasteiger partial charge in [-0.1, -0.05) is 95.3 Å². The van der Waals surface area contributed by atoms with Gasteiger partial charge in [0.25, 0.3) is 0 Å². The number of nitrogens with zero attached hydrogens (tertiary/aromatic N) is 2. The molecule has 2 nitrogen and oxygen atoms in total. The van der Waals surface area contributed by atoms with Crippen molar-refractivity contribution in [2.75, 3.05) is 0 Å². The Morgan fingerprint density at radius 1 is 0.516 bits per heavy atom. The number of hydrogen-bond acceptors (Lipinski definition) is 2. The molecule has 4 rings (SSSR count). The second-order valence-electron chi connectivity index (χ2n) is 8.32. The Morgan fingerprint density at radius 2 is 0.871 bits per heavy atom. The number of aryl methyl sites for hydroxylation is 6. The molecular weight excluding hydrogens is 415 g/mol. The topological polar surface area (TPSA) is 25.8 Å². The summed E-state index contributed by atoms with van der Waals surface area (Å²) in [6.07, 6.45) is 0. The van der Waals surface area contributed by atoms with Gasteiger partial charge in [-0.3, -0.25) is 9.97 Å². The van der Waals surface area contributed by atoms with Crippen LogP contribution in [0.15, 0.2) is 54.6 Å². The summed E-state index contributed by atoms with van der Waals surface area (Å²) in [5.41, 5.74) is 12.2. The standard InChI is InChI=1S/C28H27N2.V/c1-17-7-10-23(20(4)13-17)26-16-27(24-11-8-18(2)14-21(24)5)30-28(29-26)25-12-9-19(3)15-22(25)6;/h7-15H,1-6H3;/q-1;. The minimum Gasteiger partial charge on any atom is -0.255 e. The zero-order chi connectivity index (χ0) is 21.4. The van der Waals surface area contributed by atoms with Crippen molar-refractivity contribution in [3.05, 3.63) is 94.0 Å². The summed E-state index contributed by atoms with van der Waals surface area (Å²) in [7, 11) is 0. The van der Waals surface area contributed by atoms with Gasteiger partial charge >= 0.3 is 0 Å². The van der Waals surface area contributed by atoms with Crippen LogP contribution in [-0.2, 0) is 18.6 Å². The van der Waals surface area contributed by atoms with E-state index in [0.717, 1.165) is 33.9 Å². The van der Waals surface area contributed by atoms with Gasteiger partial charge in [0.1, 0.15) is 0 Å². The average Bonchev–Trinajstić information content (AvgIpc) is 2.67. The molecule has 155 valence electrons.